The quantitative estimate of drug-likeness (QED) is 0.855. The normalized spacial score (nSPS) is 10.3. The minimum Gasteiger partial charge on any atom is -0.456 e. The van der Waals surface area contributed by atoms with E-state index in [4.69, 9.17) is 9.84 Å². The molecule has 0 aliphatic rings. The number of allylic oxidation sites excluding steroid dienone is 1. The Hall–Kier alpha value is -2.13. The van der Waals surface area contributed by atoms with Gasteiger partial charge in [-0.15, -0.1) is 0 Å². The van der Waals surface area contributed by atoms with Crippen molar-refractivity contribution < 1.29 is 9.84 Å². The first-order valence-corrected chi connectivity index (χ1v) is 6.73. The lowest BCUT2D eigenvalue weighted by molar-refractivity contribution is 0.281. The van der Waals surface area contributed by atoms with Crippen LogP contribution in [0.4, 0.5) is 0 Å². The van der Waals surface area contributed by atoms with Crippen LogP contribution in [0, 0.1) is 0 Å². The van der Waals surface area contributed by atoms with Gasteiger partial charge in [-0.05, 0) is 41.3 Å². The zero-order chi connectivity index (χ0) is 14.4. The van der Waals surface area contributed by atoms with Crippen molar-refractivity contribution in [3.8, 4) is 11.5 Å². The lowest BCUT2D eigenvalue weighted by Crippen LogP contribution is -1.90. The van der Waals surface area contributed by atoms with E-state index < -0.39 is 0 Å². The summed E-state index contributed by atoms with van der Waals surface area (Å²) in [7, 11) is 0. The maximum Gasteiger partial charge on any atom is 0.146 e. The molecule has 0 spiro atoms. The Bertz CT molecular complexity index is 576. The summed E-state index contributed by atoms with van der Waals surface area (Å²) in [6.45, 7) is 6.22. The Kier molecular flexibility index (Phi) is 4.91. The van der Waals surface area contributed by atoms with E-state index in [0.717, 1.165) is 35.3 Å². The lowest BCUT2D eigenvalue weighted by atomic mass is 10.1. The highest BCUT2D eigenvalue weighted by Gasteiger charge is 2.03. The monoisotopic (exact) mass is 269 g/mol. The number of pyridine rings is 1. The first-order chi connectivity index (χ1) is 9.72. The fourth-order valence-corrected chi connectivity index (χ4v) is 1.91. The second-order valence-corrected chi connectivity index (χ2v) is 4.67. The van der Waals surface area contributed by atoms with Crippen LogP contribution in [0.25, 0.3) is 5.57 Å². The summed E-state index contributed by atoms with van der Waals surface area (Å²) in [5.74, 6) is 1.42. The average Bonchev–Trinajstić information content (AvgIpc) is 2.48. The number of rotatable bonds is 6. The summed E-state index contributed by atoms with van der Waals surface area (Å²) < 4.78 is 5.76. The molecule has 2 rings (SSSR count). The van der Waals surface area contributed by atoms with E-state index in [9.17, 15) is 0 Å². The molecule has 0 aliphatic carbocycles. The Morgan fingerprint density at radius 3 is 2.60 bits per heavy atom. The molecule has 0 radical (unpaired) electrons. The van der Waals surface area contributed by atoms with Gasteiger partial charge in [-0.3, -0.25) is 4.98 Å². The van der Waals surface area contributed by atoms with Crippen molar-refractivity contribution in [2.24, 2.45) is 0 Å². The predicted molar refractivity (Wildman–Crippen MR) is 80.6 cm³/mol. The molecule has 1 aromatic carbocycles. The van der Waals surface area contributed by atoms with Gasteiger partial charge in [-0.25, -0.2) is 0 Å². The topological polar surface area (TPSA) is 42.4 Å². The first-order valence-electron chi connectivity index (χ1n) is 6.73. The molecule has 2 aromatic rings. The standard InChI is InChI=1S/C17H19NO2/c1-3-4-13(2)15-9-17(11-18-10-15)20-16-7-5-14(12-19)6-8-16/h5-11,19H,2-4,12H2,1H3. The SMILES string of the molecule is C=C(CCC)c1cncc(Oc2ccc(CO)cc2)c1. The van der Waals surface area contributed by atoms with Crippen molar-refractivity contribution in [2.75, 3.05) is 0 Å². The molecule has 0 bridgehead atoms. The first kappa shape index (κ1) is 14.3. The van der Waals surface area contributed by atoms with Crippen LogP contribution >= 0.6 is 0 Å². The summed E-state index contributed by atoms with van der Waals surface area (Å²) in [5, 5.41) is 9.01. The van der Waals surface area contributed by atoms with Crippen LogP contribution in [0.1, 0.15) is 30.9 Å². The summed E-state index contributed by atoms with van der Waals surface area (Å²) in [4.78, 5) is 4.19. The van der Waals surface area contributed by atoms with Gasteiger partial charge in [0.15, 0.2) is 0 Å². The van der Waals surface area contributed by atoms with Gasteiger partial charge in [0, 0.05) is 6.20 Å². The summed E-state index contributed by atoms with van der Waals surface area (Å²) in [6, 6.07) is 9.29. The van der Waals surface area contributed by atoms with E-state index >= 15 is 0 Å². The van der Waals surface area contributed by atoms with Crippen LogP contribution in [0.15, 0.2) is 49.3 Å². The molecule has 3 nitrogen and oxygen atoms in total. The van der Waals surface area contributed by atoms with Crippen molar-refractivity contribution in [1.29, 1.82) is 0 Å². The molecule has 0 aliphatic heterocycles. The number of nitrogens with zero attached hydrogens (tertiary/aromatic N) is 1. The van der Waals surface area contributed by atoms with Crippen LogP contribution in [0.5, 0.6) is 11.5 Å². The van der Waals surface area contributed by atoms with Crippen molar-refractivity contribution in [1.82, 2.24) is 4.98 Å². The molecule has 0 amide bonds. The van der Waals surface area contributed by atoms with E-state index in [1.165, 1.54) is 0 Å². The Morgan fingerprint density at radius 2 is 1.95 bits per heavy atom. The molecule has 0 unspecified atom stereocenters. The molecule has 0 saturated heterocycles. The minimum atomic E-state index is 0.0359. The Balaban J connectivity index is 2.12. The third-order valence-electron chi connectivity index (χ3n) is 3.01. The highest BCUT2D eigenvalue weighted by molar-refractivity contribution is 5.63. The van der Waals surface area contributed by atoms with Gasteiger partial charge in [0.1, 0.15) is 11.5 Å². The number of benzene rings is 1. The van der Waals surface area contributed by atoms with Crippen molar-refractivity contribution in [2.45, 2.75) is 26.4 Å². The third kappa shape index (κ3) is 3.68. The van der Waals surface area contributed by atoms with Gasteiger partial charge < -0.3 is 9.84 Å². The molecule has 0 atom stereocenters. The summed E-state index contributed by atoms with van der Waals surface area (Å²) in [6.07, 6.45) is 5.51. The molecule has 0 saturated carbocycles. The van der Waals surface area contributed by atoms with Crippen molar-refractivity contribution in [3.05, 3.63) is 60.4 Å². The summed E-state index contributed by atoms with van der Waals surface area (Å²) >= 11 is 0. The van der Waals surface area contributed by atoms with Gasteiger partial charge in [-0.1, -0.05) is 32.1 Å². The molecule has 20 heavy (non-hydrogen) atoms. The van der Waals surface area contributed by atoms with Gasteiger partial charge in [0.2, 0.25) is 0 Å². The van der Waals surface area contributed by atoms with Gasteiger partial charge in [0.25, 0.3) is 0 Å². The highest BCUT2D eigenvalue weighted by Crippen LogP contribution is 2.25. The van der Waals surface area contributed by atoms with E-state index in [0.29, 0.717) is 5.75 Å². The number of aliphatic hydroxyl groups excluding tert-OH is 1. The Morgan fingerprint density at radius 1 is 1.20 bits per heavy atom. The van der Waals surface area contributed by atoms with Crippen LogP contribution in [-0.4, -0.2) is 10.1 Å². The lowest BCUT2D eigenvalue weighted by Gasteiger charge is -2.09. The fraction of sp³-hybridized carbons (Fsp3) is 0.235. The highest BCUT2D eigenvalue weighted by atomic mass is 16.5. The third-order valence-corrected chi connectivity index (χ3v) is 3.01. The predicted octanol–water partition coefficient (Wildman–Crippen LogP) is 4.18. The van der Waals surface area contributed by atoms with Gasteiger partial charge in [0.05, 0.1) is 12.8 Å². The van der Waals surface area contributed by atoms with E-state index in [1.54, 1.807) is 12.4 Å². The molecule has 1 heterocycles. The smallest absolute Gasteiger partial charge is 0.146 e. The maximum atomic E-state index is 9.01. The van der Waals surface area contributed by atoms with E-state index in [2.05, 4.69) is 18.5 Å². The number of ether oxygens (including phenoxy) is 1. The minimum absolute atomic E-state index is 0.0359. The Labute approximate surface area is 119 Å². The molecule has 104 valence electrons. The largest absolute Gasteiger partial charge is 0.456 e. The van der Waals surface area contributed by atoms with Crippen LogP contribution < -0.4 is 4.74 Å². The van der Waals surface area contributed by atoms with Gasteiger partial charge in [-0.2, -0.15) is 0 Å². The molecule has 3 heteroatoms. The maximum absolute atomic E-state index is 9.01. The number of aliphatic hydroxyl groups is 1. The molecular formula is C17H19NO2. The molecule has 1 N–H and O–H groups in total. The zero-order valence-electron chi connectivity index (χ0n) is 11.7. The van der Waals surface area contributed by atoms with E-state index in [1.807, 2.05) is 30.3 Å². The summed E-state index contributed by atoms with van der Waals surface area (Å²) in [5.41, 5.74) is 2.94. The van der Waals surface area contributed by atoms with Crippen LogP contribution in [-0.2, 0) is 6.61 Å². The number of aromatic nitrogens is 1. The van der Waals surface area contributed by atoms with Crippen molar-refractivity contribution >= 4 is 5.57 Å². The molecular weight excluding hydrogens is 250 g/mol. The fourth-order valence-electron chi connectivity index (χ4n) is 1.91. The second-order valence-electron chi connectivity index (χ2n) is 4.67. The average molecular weight is 269 g/mol. The zero-order valence-corrected chi connectivity index (χ0v) is 11.7. The molecule has 1 aromatic heterocycles. The second kappa shape index (κ2) is 6.87. The van der Waals surface area contributed by atoms with Crippen molar-refractivity contribution in [3.63, 3.8) is 0 Å². The van der Waals surface area contributed by atoms with Crippen LogP contribution in [0.3, 0.4) is 0 Å². The van der Waals surface area contributed by atoms with Crippen LogP contribution in [0.2, 0.25) is 0 Å². The van der Waals surface area contributed by atoms with E-state index in [-0.39, 0.29) is 6.61 Å². The molecule has 0 fully saturated rings. The van der Waals surface area contributed by atoms with Gasteiger partial charge >= 0.3 is 0 Å². The number of hydrogen-bond acceptors (Lipinski definition) is 3. The number of hydrogen-bond donors (Lipinski definition) is 1.